The smallest absolute Gasteiger partial charge is 0.0642 e. The minimum absolute atomic E-state index is 0.329. The normalized spacial score (nSPS) is 12.4. The van der Waals surface area contributed by atoms with Gasteiger partial charge in [0.15, 0.2) is 0 Å². The summed E-state index contributed by atoms with van der Waals surface area (Å²) < 4.78 is 5.44. The van der Waals surface area contributed by atoms with Crippen LogP contribution in [0.25, 0.3) is 0 Å². The number of rotatable bonds is 10. The van der Waals surface area contributed by atoms with Crippen molar-refractivity contribution in [2.24, 2.45) is 0 Å². The molecule has 4 heteroatoms. The van der Waals surface area contributed by atoms with Crippen LogP contribution in [0.2, 0.25) is 5.02 Å². The van der Waals surface area contributed by atoms with Crippen molar-refractivity contribution in [1.82, 2.24) is 5.32 Å². The van der Waals surface area contributed by atoms with Gasteiger partial charge >= 0.3 is 0 Å². The summed E-state index contributed by atoms with van der Waals surface area (Å²) >= 11 is 6.48. The molecule has 1 N–H and O–H groups in total. The lowest BCUT2D eigenvalue weighted by Gasteiger charge is -2.25. The van der Waals surface area contributed by atoms with E-state index in [1.54, 1.807) is 0 Å². The van der Waals surface area contributed by atoms with Gasteiger partial charge in [-0.1, -0.05) is 24.6 Å². The standard InChI is InChI=1S/C17H29ClN2O/c1-5-10-19-14(4)15-8-9-17(16(18)13-15)20(6-2)11-12-21-7-3/h8-9,13-14,19H,5-7,10-12H2,1-4H3. The van der Waals surface area contributed by atoms with Crippen LogP contribution in [-0.2, 0) is 4.74 Å². The number of ether oxygens (including phenoxy) is 1. The van der Waals surface area contributed by atoms with Gasteiger partial charge in [0.05, 0.1) is 17.3 Å². The van der Waals surface area contributed by atoms with E-state index in [2.05, 4.69) is 49.2 Å². The van der Waals surface area contributed by atoms with Crippen molar-refractivity contribution in [3.05, 3.63) is 28.8 Å². The first-order chi connectivity index (χ1) is 10.1. The molecule has 0 aliphatic heterocycles. The van der Waals surface area contributed by atoms with Gasteiger partial charge in [0.25, 0.3) is 0 Å². The molecule has 0 aromatic heterocycles. The molecule has 21 heavy (non-hydrogen) atoms. The highest BCUT2D eigenvalue weighted by Crippen LogP contribution is 2.29. The monoisotopic (exact) mass is 312 g/mol. The Morgan fingerprint density at radius 1 is 1.29 bits per heavy atom. The first kappa shape index (κ1) is 18.3. The first-order valence-electron chi connectivity index (χ1n) is 7.99. The summed E-state index contributed by atoms with van der Waals surface area (Å²) in [5, 5.41) is 4.30. The van der Waals surface area contributed by atoms with Crippen molar-refractivity contribution in [2.45, 2.75) is 40.2 Å². The highest BCUT2D eigenvalue weighted by Gasteiger charge is 2.11. The van der Waals surface area contributed by atoms with Crippen molar-refractivity contribution in [3.8, 4) is 0 Å². The van der Waals surface area contributed by atoms with E-state index in [0.717, 1.165) is 50.0 Å². The number of hydrogen-bond donors (Lipinski definition) is 1. The lowest BCUT2D eigenvalue weighted by molar-refractivity contribution is 0.154. The van der Waals surface area contributed by atoms with E-state index in [4.69, 9.17) is 16.3 Å². The SMILES string of the molecule is CCCNC(C)c1ccc(N(CC)CCOCC)c(Cl)c1. The molecule has 0 saturated carbocycles. The molecule has 1 aromatic rings. The average molecular weight is 313 g/mol. The van der Waals surface area contributed by atoms with Crippen LogP contribution in [0.3, 0.4) is 0 Å². The third-order valence-electron chi connectivity index (χ3n) is 3.60. The van der Waals surface area contributed by atoms with Gasteiger partial charge in [0, 0.05) is 25.7 Å². The largest absolute Gasteiger partial charge is 0.380 e. The first-order valence-corrected chi connectivity index (χ1v) is 8.37. The second-order valence-electron chi connectivity index (χ2n) is 5.16. The number of nitrogens with zero attached hydrogens (tertiary/aromatic N) is 1. The van der Waals surface area contributed by atoms with Gasteiger partial charge in [0.1, 0.15) is 0 Å². The molecule has 0 bridgehead atoms. The van der Waals surface area contributed by atoms with Crippen LogP contribution in [0.5, 0.6) is 0 Å². The molecule has 120 valence electrons. The number of anilines is 1. The minimum atomic E-state index is 0.329. The number of nitrogens with one attached hydrogen (secondary N) is 1. The van der Waals surface area contributed by atoms with Crippen molar-refractivity contribution in [1.29, 1.82) is 0 Å². The summed E-state index contributed by atoms with van der Waals surface area (Å²) in [5.41, 5.74) is 2.32. The van der Waals surface area contributed by atoms with Crippen LogP contribution in [0, 0.1) is 0 Å². The molecule has 0 aliphatic carbocycles. The van der Waals surface area contributed by atoms with E-state index >= 15 is 0 Å². The fourth-order valence-electron chi connectivity index (χ4n) is 2.30. The van der Waals surface area contributed by atoms with Gasteiger partial charge in [-0.3, -0.25) is 0 Å². The van der Waals surface area contributed by atoms with Crippen molar-refractivity contribution in [2.75, 3.05) is 37.7 Å². The third kappa shape index (κ3) is 5.85. The van der Waals surface area contributed by atoms with Crippen LogP contribution in [0.15, 0.2) is 18.2 Å². The minimum Gasteiger partial charge on any atom is -0.380 e. The highest BCUT2D eigenvalue weighted by atomic mass is 35.5. The molecule has 0 radical (unpaired) electrons. The Kier molecular flexibility index (Phi) is 8.74. The molecule has 1 aromatic carbocycles. The maximum Gasteiger partial charge on any atom is 0.0642 e. The van der Waals surface area contributed by atoms with E-state index in [1.165, 1.54) is 5.56 Å². The molecule has 1 unspecified atom stereocenters. The predicted octanol–water partition coefficient (Wildman–Crippen LogP) is 4.26. The average Bonchev–Trinajstić information content (AvgIpc) is 2.49. The van der Waals surface area contributed by atoms with Gasteiger partial charge in [-0.25, -0.2) is 0 Å². The zero-order valence-corrected chi connectivity index (χ0v) is 14.5. The summed E-state index contributed by atoms with van der Waals surface area (Å²) in [4.78, 5) is 2.26. The number of benzene rings is 1. The number of halogens is 1. The Bertz CT molecular complexity index is 412. The van der Waals surface area contributed by atoms with Gasteiger partial charge < -0.3 is 15.0 Å². The van der Waals surface area contributed by atoms with Crippen LogP contribution in [0.1, 0.15) is 45.7 Å². The molecular weight excluding hydrogens is 284 g/mol. The molecule has 0 fully saturated rings. The van der Waals surface area contributed by atoms with Crippen molar-refractivity contribution < 1.29 is 4.74 Å². The Hall–Kier alpha value is -0.770. The Balaban J connectivity index is 2.75. The molecule has 0 amide bonds. The van der Waals surface area contributed by atoms with Crippen LogP contribution in [0.4, 0.5) is 5.69 Å². The zero-order chi connectivity index (χ0) is 15.7. The van der Waals surface area contributed by atoms with Gasteiger partial charge in [-0.2, -0.15) is 0 Å². The van der Waals surface area contributed by atoms with E-state index in [9.17, 15) is 0 Å². The van der Waals surface area contributed by atoms with Gasteiger partial charge in [-0.15, -0.1) is 0 Å². The lowest BCUT2D eigenvalue weighted by Crippen LogP contribution is -2.27. The van der Waals surface area contributed by atoms with Crippen LogP contribution in [-0.4, -0.2) is 32.8 Å². The highest BCUT2D eigenvalue weighted by molar-refractivity contribution is 6.33. The molecular formula is C17H29ClN2O. The topological polar surface area (TPSA) is 24.5 Å². The summed E-state index contributed by atoms with van der Waals surface area (Å²) in [6.45, 7) is 12.8. The Labute approximate surface area is 134 Å². The van der Waals surface area contributed by atoms with Gasteiger partial charge in [0.2, 0.25) is 0 Å². The molecule has 3 nitrogen and oxygen atoms in total. The van der Waals surface area contributed by atoms with Gasteiger partial charge in [-0.05, 0) is 51.4 Å². The second kappa shape index (κ2) is 10.0. The maximum atomic E-state index is 6.48. The summed E-state index contributed by atoms with van der Waals surface area (Å²) in [6.07, 6.45) is 1.14. The maximum absolute atomic E-state index is 6.48. The van der Waals surface area contributed by atoms with E-state index in [0.29, 0.717) is 6.04 Å². The molecule has 1 rings (SSSR count). The molecule has 0 spiro atoms. The summed E-state index contributed by atoms with van der Waals surface area (Å²) in [6, 6.07) is 6.69. The number of likely N-dealkylation sites (N-methyl/N-ethyl adjacent to an activating group) is 1. The van der Waals surface area contributed by atoms with Crippen molar-refractivity contribution in [3.63, 3.8) is 0 Å². The fourth-order valence-corrected chi connectivity index (χ4v) is 2.60. The van der Waals surface area contributed by atoms with E-state index in [1.807, 2.05) is 6.92 Å². The van der Waals surface area contributed by atoms with E-state index in [-0.39, 0.29) is 0 Å². The predicted molar refractivity (Wildman–Crippen MR) is 92.5 cm³/mol. The van der Waals surface area contributed by atoms with Crippen molar-refractivity contribution >= 4 is 17.3 Å². The molecule has 0 aliphatic rings. The zero-order valence-electron chi connectivity index (χ0n) is 13.8. The summed E-state index contributed by atoms with van der Waals surface area (Å²) in [5.74, 6) is 0. The molecule has 1 atom stereocenters. The Morgan fingerprint density at radius 3 is 2.62 bits per heavy atom. The lowest BCUT2D eigenvalue weighted by atomic mass is 10.1. The third-order valence-corrected chi connectivity index (χ3v) is 3.91. The summed E-state index contributed by atoms with van der Waals surface area (Å²) in [7, 11) is 0. The molecule has 0 saturated heterocycles. The second-order valence-corrected chi connectivity index (χ2v) is 5.57. The quantitative estimate of drug-likeness (QED) is 0.653. The van der Waals surface area contributed by atoms with Crippen LogP contribution >= 0.6 is 11.6 Å². The molecule has 0 heterocycles. The van der Waals surface area contributed by atoms with E-state index < -0.39 is 0 Å². The fraction of sp³-hybridized carbons (Fsp3) is 0.647. The number of hydrogen-bond acceptors (Lipinski definition) is 3. The van der Waals surface area contributed by atoms with Crippen LogP contribution < -0.4 is 10.2 Å². The Morgan fingerprint density at radius 2 is 2.05 bits per heavy atom.